The quantitative estimate of drug-likeness (QED) is 0.513. The van der Waals surface area contributed by atoms with Crippen LogP contribution in [-0.2, 0) is 11.2 Å². The molecular formula is C19H19N3O3. The summed E-state index contributed by atoms with van der Waals surface area (Å²) >= 11 is 0. The minimum absolute atomic E-state index is 0.000775. The van der Waals surface area contributed by atoms with Crippen molar-refractivity contribution in [3.05, 3.63) is 69.8 Å². The van der Waals surface area contributed by atoms with Gasteiger partial charge in [-0.05, 0) is 42.7 Å². The van der Waals surface area contributed by atoms with E-state index < -0.39 is 4.92 Å². The fraction of sp³-hybridized carbons (Fsp3) is 0.211. The molecule has 6 heteroatoms. The number of nitro groups is 1. The van der Waals surface area contributed by atoms with Crippen LogP contribution in [0.3, 0.4) is 0 Å². The minimum atomic E-state index is -0.457. The van der Waals surface area contributed by atoms with Gasteiger partial charge in [-0.25, -0.2) is 0 Å². The number of hydrogen-bond donors (Lipinski definition) is 1. The molecule has 6 nitrogen and oxygen atoms in total. The molecule has 0 fully saturated rings. The Hall–Kier alpha value is -3.15. The first-order valence-corrected chi connectivity index (χ1v) is 8.18. The Morgan fingerprint density at radius 1 is 1.32 bits per heavy atom. The molecule has 0 aliphatic carbocycles. The highest BCUT2D eigenvalue weighted by molar-refractivity contribution is 6.02. The Morgan fingerprint density at radius 3 is 2.92 bits per heavy atom. The lowest BCUT2D eigenvalue weighted by Crippen LogP contribution is -2.19. The van der Waals surface area contributed by atoms with Crippen molar-refractivity contribution in [2.45, 2.75) is 13.3 Å². The highest BCUT2D eigenvalue weighted by atomic mass is 16.6. The number of carbonyl (C=O) groups is 1. The Kier molecular flexibility index (Phi) is 4.79. The standard InChI is InChI=1S/C19H19N3O3/c1-2-21-11-10-15-7-8-16(13-18(15)21)20-19(23)9-6-14-4-3-5-17(12-14)22(24)25/h3-9,12-13H,2,10-11H2,1H3,(H,20,23)/b9-6+. The van der Waals surface area contributed by atoms with Crippen molar-refractivity contribution in [3.8, 4) is 0 Å². The summed E-state index contributed by atoms with van der Waals surface area (Å²) in [4.78, 5) is 24.7. The third kappa shape index (κ3) is 3.85. The molecule has 3 rings (SSSR count). The van der Waals surface area contributed by atoms with E-state index in [1.54, 1.807) is 18.2 Å². The van der Waals surface area contributed by atoms with Gasteiger partial charge in [0.05, 0.1) is 4.92 Å². The van der Waals surface area contributed by atoms with Gasteiger partial charge in [0, 0.05) is 42.7 Å². The van der Waals surface area contributed by atoms with Gasteiger partial charge in [-0.1, -0.05) is 18.2 Å². The highest BCUT2D eigenvalue weighted by Gasteiger charge is 2.17. The Labute approximate surface area is 145 Å². The Morgan fingerprint density at radius 2 is 2.16 bits per heavy atom. The fourth-order valence-corrected chi connectivity index (χ4v) is 2.95. The number of rotatable bonds is 5. The third-order valence-electron chi connectivity index (χ3n) is 4.23. The van der Waals surface area contributed by atoms with E-state index in [-0.39, 0.29) is 11.6 Å². The van der Waals surface area contributed by atoms with Crippen LogP contribution >= 0.6 is 0 Å². The summed E-state index contributed by atoms with van der Waals surface area (Å²) < 4.78 is 0. The molecule has 1 heterocycles. The molecule has 0 radical (unpaired) electrons. The first-order chi connectivity index (χ1) is 12.1. The topological polar surface area (TPSA) is 75.5 Å². The van der Waals surface area contributed by atoms with Crippen molar-refractivity contribution >= 4 is 29.0 Å². The summed E-state index contributed by atoms with van der Waals surface area (Å²) in [5.74, 6) is -0.271. The van der Waals surface area contributed by atoms with E-state index in [4.69, 9.17) is 0 Å². The van der Waals surface area contributed by atoms with Crippen LogP contribution in [-0.4, -0.2) is 23.9 Å². The number of nitrogens with zero attached hydrogens (tertiary/aromatic N) is 2. The highest BCUT2D eigenvalue weighted by Crippen LogP contribution is 2.30. The maximum atomic E-state index is 12.1. The van der Waals surface area contributed by atoms with Gasteiger partial charge in [0.2, 0.25) is 5.91 Å². The SMILES string of the molecule is CCN1CCc2ccc(NC(=O)/C=C/c3cccc([N+](=O)[O-])c3)cc21. The van der Waals surface area contributed by atoms with Crippen molar-refractivity contribution < 1.29 is 9.72 Å². The van der Waals surface area contributed by atoms with E-state index >= 15 is 0 Å². The van der Waals surface area contributed by atoms with Crippen molar-refractivity contribution in [2.75, 3.05) is 23.3 Å². The van der Waals surface area contributed by atoms with E-state index in [1.165, 1.54) is 29.5 Å². The van der Waals surface area contributed by atoms with Crippen molar-refractivity contribution in [1.82, 2.24) is 0 Å². The molecule has 2 aromatic rings. The van der Waals surface area contributed by atoms with Crippen LogP contribution in [0.1, 0.15) is 18.1 Å². The molecule has 0 saturated carbocycles. The number of benzene rings is 2. The number of nitro benzene ring substituents is 1. The second-order valence-corrected chi connectivity index (χ2v) is 5.85. The Bertz CT molecular complexity index is 846. The molecule has 1 N–H and O–H groups in total. The van der Waals surface area contributed by atoms with Crippen molar-refractivity contribution in [1.29, 1.82) is 0 Å². The van der Waals surface area contributed by atoms with Crippen LogP contribution in [0.15, 0.2) is 48.5 Å². The zero-order valence-corrected chi connectivity index (χ0v) is 13.9. The van der Waals surface area contributed by atoms with Gasteiger partial charge in [0.25, 0.3) is 5.69 Å². The zero-order valence-electron chi connectivity index (χ0n) is 13.9. The lowest BCUT2D eigenvalue weighted by Gasteiger charge is -2.17. The number of carbonyl (C=O) groups excluding carboxylic acids is 1. The summed E-state index contributed by atoms with van der Waals surface area (Å²) in [6.45, 7) is 4.06. The van der Waals surface area contributed by atoms with Gasteiger partial charge < -0.3 is 10.2 Å². The number of hydrogen-bond acceptors (Lipinski definition) is 4. The molecule has 0 saturated heterocycles. The van der Waals surface area contributed by atoms with Gasteiger partial charge in [-0.3, -0.25) is 14.9 Å². The van der Waals surface area contributed by atoms with Crippen LogP contribution in [0, 0.1) is 10.1 Å². The molecule has 0 bridgehead atoms. The minimum Gasteiger partial charge on any atom is -0.371 e. The molecule has 2 aromatic carbocycles. The van der Waals surface area contributed by atoms with Gasteiger partial charge in [-0.2, -0.15) is 0 Å². The van der Waals surface area contributed by atoms with Gasteiger partial charge >= 0.3 is 0 Å². The molecule has 0 unspecified atom stereocenters. The average molecular weight is 337 g/mol. The summed E-state index contributed by atoms with van der Waals surface area (Å²) in [7, 11) is 0. The van der Waals surface area contributed by atoms with Crippen molar-refractivity contribution in [2.24, 2.45) is 0 Å². The number of fused-ring (bicyclic) bond motifs is 1. The largest absolute Gasteiger partial charge is 0.371 e. The molecule has 1 aliphatic heterocycles. The van der Waals surface area contributed by atoms with E-state index in [2.05, 4.69) is 17.1 Å². The summed E-state index contributed by atoms with van der Waals surface area (Å²) in [6.07, 6.45) is 3.97. The van der Waals surface area contributed by atoms with Crippen LogP contribution < -0.4 is 10.2 Å². The second kappa shape index (κ2) is 7.17. The number of nitrogens with one attached hydrogen (secondary N) is 1. The van der Waals surface area contributed by atoms with Gasteiger partial charge in [-0.15, -0.1) is 0 Å². The summed E-state index contributed by atoms with van der Waals surface area (Å²) in [6, 6.07) is 12.1. The average Bonchev–Trinajstić information content (AvgIpc) is 3.02. The van der Waals surface area contributed by atoms with E-state index in [0.717, 1.165) is 25.2 Å². The lowest BCUT2D eigenvalue weighted by atomic mass is 10.1. The van der Waals surface area contributed by atoms with Crippen LogP contribution in [0.25, 0.3) is 6.08 Å². The molecule has 0 spiro atoms. The first kappa shape index (κ1) is 16.7. The molecular weight excluding hydrogens is 318 g/mol. The first-order valence-electron chi connectivity index (χ1n) is 8.18. The van der Waals surface area contributed by atoms with Gasteiger partial charge in [0.15, 0.2) is 0 Å². The van der Waals surface area contributed by atoms with Crippen LogP contribution in [0.5, 0.6) is 0 Å². The van der Waals surface area contributed by atoms with Crippen LogP contribution in [0.2, 0.25) is 0 Å². The number of non-ortho nitro benzene ring substituents is 1. The molecule has 1 aliphatic rings. The predicted octanol–water partition coefficient (Wildman–Crippen LogP) is 3.63. The summed E-state index contributed by atoms with van der Waals surface area (Å²) in [5, 5.41) is 13.6. The molecule has 0 aromatic heterocycles. The number of likely N-dealkylation sites (N-methyl/N-ethyl adjacent to an activating group) is 1. The normalized spacial score (nSPS) is 13.1. The lowest BCUT2D eigenvalue weighted by molar-refractivity contribution is -0.384. The van der Waals surface area contributed by atoms with Gasteiger partial charge in [0.1, 0.15) is 0 Å². The molecule has 0 atom stereocenters. The zero-order chi connectivity index (χ0) is 17.8. The van der Waals surface area contributed by atoms with E-state index in [1.807, 2.05) is 18.2 Å². The fourth-order valence-electron chi connectivity index (χ4n) is 2.95. The maximum absolute atomic E-state index is 12.1. The number of amides is 1. The maximum Gasteiger partial charge on any atom is 0.270 e. The molecule has 1 amide bonds. The summed E-state index contributed by atoms with van der Waals surface area (Å²) in [5.41, 5.74) is 3.82. The monoisotopic (exact) mass is 337 g/mol. The van der Waals surface area contributed by atoms with E-state index in [0.29, 0.717) is 5.56 Å². The number of anilines is 2. The van der Waals surface area contributed by atoms with Crippen LogP contribution in [0.4, 0.5) is 17.1 Å². The van der Waals surface area contributed by atoms with Crippen molar-refractivity contribution in [3.63, 3.8) is 0 Å². The molecule has 128 valence electrons. The van der Waals surface area contributed by atoms with E-state index in [9.17, 15) is 14.9 Å². The molecule has 25 heavy (non-hydrogen) atoms. The second-order valence-electron chi connectivity index (χ2n) is 5.85. The predicted molar refractivity (Wildman–Crippen MR) is 98.8 cm³/mol. The Balaban J connectivity index is 1.69. The smallest absolute Gasteiger partial charge is 0.270 e. The third-order valence-corrected chi connectivity index (χ3v) is 4.23.